The molecule has 6 nitrogen and oxygen atoms in total. The summed E-state index contributed by atoms with van der Waals surface area (Å²) in [7, 11) is 0. The molecule has 2 amide bonds. The van der Waals surface area contributed by atoms with Gasteiger partial charge < -0.3 is 15.2 Å². The molecular formula is C19H27N5O. The molecule has 0 radical (unpaired) electrons. The quantitative estimate of drug-likeness (QED) is 0.819. The number of rotatable bonds is 5. The molecule has 134 valence electrons. The third-order valence-electron chi connectivity index (χ3n) is 4.53. The number of carbonyl (C=O) groups is 1. The van der Waals surface area contributed by atoms with Crippen LogP contribution in [0.3, 0.4) is 0 Å². The van der Waals surface area contributed by atoms with Gasteiger partial charge in [0.25, 0.3) is 0 Å². The molecule has 0 saturated carbocycles. The Bertz CT molecular complexity index is 717. The molecule has 2 aromatic rings. The normalized spacial score (nSPS) is 13.8. The van der Waals surface area contributed by atoms with Crippen LogP contribution in [0.5, 0.6) is 0 Å². The highest BCUT2D eigenvalue weighted by atomic mass is 16.2. The predicted octanol–water partition coefficient (Wildman–Crippen LogP) is 3.38. The maximum absolute atomic E-state index is 12.0. The first-order valence-corrected chi connectivity index (χ1v) is 9.16. The largest absolute Gasteiger partial charge is 0.338 e. The van der Waals surface area contributed by atoms with Gasteiger partial charge in [0.05, 0.1) is 0 Å². The van der Waals surface area contributed by atoms with E-state index in [1.165, 1.54) is 19.3 Å². The summed E-state index contributed by atoms with van der Waals surface area (Å²) in [4.78, 5) is 12.0. The number of carbonyl (C=O) groups excluding carboxylic acids is 1. The van der Waals surface area contributed by atoms with E-state index in [4.69, 9.17) is 0 Å². The lowest BCUT2D eigenvalue weighted by Gasteiger charge is -2.10. The van der Waals surface area contributed by atoms with Crippen LogP contribution in [0.2, 0.25) is 0 Å². The number of amides is 2. The molecule has 25 heavy (non-hydrogen) atoms. The molecule has 0 unspecified atom stereocenters. The second kappa shape index (κ2) is 8.14. The number of aromatic nitrogens is 3. The lowest BCUT2D eigenvalue weighted by Crippen LogP contribution is -2.30. The monoisotopic (exact) mass is 341 g/mol. The molecule has 0 spiro atoms. The summed E-state index contributed by atoms with van der Waals surface area (Å²) >= 11 is 0. The van der Waals surface area contributed by atoms with Gasteiger partial charge >= 0.3 is 6.03 Å². The Morgan fingerprint density at radius 1 is 1.12 bits per heavy atom. The Morgan fingerprint density at radius 3 is 2.72 bits per heavy atom. The van der Waals surface area contributed by atoms with E-state index in [1.54, 1.807) is 0 Å². The standard InChI is InChI=1S/C19H27N5O/c1-14-11-15(2)13-16(12-14)21-19(25)20-9-6-8-18-23-22-17-7-4-3-5-10-24(17)18/h11-13H,3-10H2,1-2H3,(H2,20,21,25). The van der Waals surface area contributed by atoms with Crippen molar-refractivity contribution in [1.82, 2.24) is 20.1 Å². The molecule has 1 aliphatic rings. The summed E-state index contributed by atoms with van der Waals surface area (Å²) in [5.74, 6) is 2.17. The molecule has 0 aliphatic carbocycles. The van der Waals surface area contributed by atoms with Gasteiger partial charge in [-0.25, -0.2) is 4.79 Å². The van der Waals surface area contributed by atoms with Gasteiger partial charge in [-0.05, 0) is 56.4 Å². The number of anilines is 1. The van der Waals surface area contributed by atoms with Crippen molar-refractivity contribution in [1.29, 1.82) is 0 Å². The molecule has 1 aliphatic heterocycles. The lowest BCUT2D eigenvalue weighted by atomic mass is 10.1. The van der Waals surface area contributed by atoms with Crippen LogP contribution in [-0.4, -0.2) is 27.3 Å². The molecule has 2 heterocycles. The van der Waals surface area contributed by atoms with Crippen LogP contribution in [0.15, 0.2) is 18.2 Å². The van der Waals surface area contributed by atoms with Crippen molar-refractivity contribution in [2.75, 3.05) is 11.9 Å². The first-order chi connectivity index (χ1) is 12.1. The average Bonchev–Trinajstić information content (AvgIpc) is 2.77. The van der Waals surface area contributed by atoms with Crippen LogP contribution >= 0.6 is 0 Å². The number of urea groups is 1. The number of fused-ring (bicyclic) bond motifs is 1. The van der Waals surface area contributed by atoms with Gasteiger partial charge in [0.15, 0.2) is 0 Å². The molecule has 0 bridgehead atoms. The van der Waals surface area contributed by atoms with E-state index >= 15 is 0 Å². The smallest absolute Gasteiger partial charge is 0.319 e. The summed E-state index contributed by atoms with van der Waals surface area (Å²) < 4.78 is 2.27. The summed E-state index contributed by atoms with van der Waals surface area (Å²) in [5.41, 5.74) is 3.11. The first kappa shape index (κ1) is 17.5. The van der Waals surface area contributed by atoms with Crippen molar-refractivity contribution in [3.05, 3.63) is 41.0 Å². The van der Waals surface area contributed by atoms with Gasteiger partial charge in [-0.1, -0.05) is 12.5 Å². The molecule has 2 N–H and O–H groups in total. The number of hydrogen-bond donors (Lipinski definition) is 2. The average molecular weight is 341 g/mol. The second-order valence-corrected chi connectivity index (χ2v) is 6.86. The van der Waals surface area contributed by atoms with E-state index < -0.39 is 0 Å². The minimum atomic E-state index is -0.162. The molecular weight excluding hydrogens is 314 g/mol. The fraction of sp³-hybridized carbons (Fsp3) is 0.526. The zero-order chi connectivity index (χ0) is 17.6. The number of benzene rings is 1. The first-order valence-electron chi connectivity index (χ1n) is 9.16. The van der Waals surface area contributed by atoms with Gasteiger partial charge in [0.1, 0.15) is 11.6 Å². The van der Waals surface area contributed by atoms with E-state index in [9.17, 15) is 4.79 Å². The van der Waals surface area contributed by atoms with Crippen LogP contribution in [0.1, 0.15) is 48.5 Å². The van der Waals surface area contributed by atoms with Crippen molar-refractivity contribution in [3.8, 4) is 0 Å². The second-order valence-electron chi connectivity index (χ2n) is 6.86. The van der Waals surface area contributed by atoms with E-state index in [2.05, 4.69) is 31.5 Å². The van der Waals surface area contributed by atoms with Crippen molar-refractivity contribution >= 4 is 11.7 Å². The topological polar surface area (TPSA) is 71.8 Å². The zero-order valence-electron chi connectivity index (χ0n) is 15.1. The summed E-state index contributed by atoms with van der Waals surface area (Å²) in [5, 5.41) is 14.5. The summed E-state index contributed by atoms with van der Waals surface area (Å²) in [6.45, 7) is 5.70. The highest BCUT2D eigenvalue weighted by Gasteiger charge is 2.14. The maximum Gasteiger partial charge on any atom is 0.319 e. The Kier molecular flexibility index (Phi) is 5.68. The van der Waals surface area contributed by atoms with Crippen LogP contribution < -0.4 is 10.6 Å². The van der Waals surface area contributed by atoms with Gasteiger partial charge in [0, 0.05) is 31.6 Å². The van der Waals surface area contributed by atoms with Crippen molar-refractivity contribution in [2.45, 2.75) is 58.9 Å². The number of nitrogens with zero attached hydrogens (tertiary/aromatic N) is 3. The Hall–Kier alpha value is -2.37. The molecule has 0 fully saturated rings. The van der Waals surface area contributed by atoms with Gasteiger partial charge in [0.2, 0.25) is 0 Å². The van der Waals surface area contributed by atoms with Crippen molar-refractivity contribution < 1.29 is 4.79 Å². The molecule has 6 heteroatoms. The Balaban J connectivity index is 1.44. The maximum atomic E-state index is 12.0. The van der Waals surface area contributed by atoms with E-state index in [1.807, 2.05) is 26.0 Å². The van der Waals surface area contributed by atoms with E-state index in [-0.39, 0.29) is 6.03 Å². The SMILES string of the molecule is Cc1cc(C)cc(NC(=O)NCCCc2nnc3n2CCCCC3)c1. The highest BCUT2D eigenvalue weighted by molar-refractivity contribution is 5.89. The van der Waals surface area contributed by atoms with Crippen LogP contribution in [0.25, 0.3) is 0 Å². The minimum Gasteiger partial charge on any atom is -0.338 e. The zero-order valence-corrected chi connectivity index (χ0v) is 15.1. The van der Waals surface area contributed by atoms with Crippen LogP contribution in [-0.2, 0) is 19.4 Å². The third-order valence-corrected chi connectivity index (χ3v) is 4.53. The summed E-state index contributed by atoms with van der Waals surface area (Å²) in [6, 6.07) is 5.87. The van der Waals surface area contributed by atoms with Crippen LogP contribution in [0.4, 0.5) is 10.5 Å². The Labute approximate surface area is 149 Å². The molecule has 1 aromatic carbocycles. The minimum absolute atomic E-state index is 0.162. The van der Waals surface area contributed by atoms with Gasteiger partial charge in [-0.15, -0.1) is 10.2 Å². The number of hydrogen-bond acceptors (Lipinski definition) is 3. The highest BCUT2D eigenvalue weighted by Crippen LogP contribution is 2.15. The fourth-order valence-electron chi connectivity index (χ4n) is 3.40. The lowest BCUT2D eigenvalue weighted by molar-refractivity contribution is 0.252. The molecule has 1 aromatic heterocycles. The van der Waals surface area contributed by atoms with Gasteiger partial charge in [-0.2, -0.15) is 0 Å². The molecule has 0 saturated heterocycles. The molecule has 3 rings (SSSR count). The number of aryl methyl sites for hydroxylation is 4. The summed E-state index contributed by atoms with van der Waals surface area (Å²) in [6.07, 6.45) is 6.41. The van der Waals surface area contributed by atoms with Gasteiger partial charge in [-0.3, -0.25) is 0 Å². The number of nitrogens with one attached hydrogen (secondary N) is 2. The van der Waals surface area contributed by atoms with E-state index in [0.717, 1.165) is 54.3 Å². The van der Waals surface area contributed by atoms with Crippen LogP contribution in [0, 0.1) is 13.8 Å². The van der Waals surface area contributed by atoms with Crippen molar-refractivity contribution in [2.24, 2.45) is 0 Å². The van der Waals surface area contributed by atoms with Crippen molar-refractivity contribution in [3.63, 3.8) is 0 Å². The third kappa shape index (κ3) is 4.81. The predicted molar refractivity (Wildman–Crippen MR) is 98.8 cm³/mol. The fourth-order valence-corrected chi connectivity index (χ4v) is 3.40. The van der Waals surface area contributed by atoms with E-state index in [0.29, 0.717) is 6.54 Å². The molecule has 0 atom stereocenters. The Morgan fingerprint density at radius 2 is 1.92 bits per heavy atom.